The first-order chi connectivity index (χ1) is 16.6. The molecule has 10 heteroatoms. The number of hydrogen-bond donors (Lipinski definition) is 3. The lowest BCUT2D eigenvalue weighted by Crippen LogP contribution is -2.44. The Morgan fingerprint density at radius 1 is 1.31 bits per heavy atom. The van der Waals surface area contributed by atoms with Crippen LogP contribution >= 0.6 is 23.8 Å². The molecule has 2 aromatic rings. The molecule has 1 aliphatic heterocycles. The maximum atomic E-state index is 12.9. The number of benzene rings is 1. The number of methoxy groups -OCH3 is 2. The number of hydrogen-bond acceptors (Lipinski definition) is 7. The molecule has 188 valence electrons. The van der Waals surface area contributed by atoms with E-state index >= 15 is 0 Å². The smallest absolute Gasteiger partial charge is 0.256 e. The first-order valence-electron chi connectivity index (χ1n) is 11.2. The fourth-order valence-electron chi connectivity index (χ4n) is 3.49. The Hall–Kier alpha value is -2.88. The van der Waals surface area contributed by atoms with Crippen molar-refractivity contribution >= 4 is 40.4 Å². The van der Waals surface area contributed by atoms with Crippen LogP contribution in [0.3, 0.4) is 0 Å². The number of nitrogens with zero attached hydrogens (tertiary/aromatic N) is 1. The summed E-state index contributed by atoms with van der Waals surface area (Å²) in [6, 6.07) is 7.12. The van der Waals surface area contributed by atoms with Gasteiger partial charge in [-0.1, -0.05) is 29.9 Å². The highest BCUT2D eigenvalue weighted by Crippen LogP contribution is 2.33. The highest BCUT2D eigenvalue weighted by molar-refractivity contribution is 7.81. The van der Waals surface area contributed by atoms with Gasteiger partial charge >= 0.3 is 0 Å². The van der Waals surface area contributed by atoms with Gasteiger partial charge in [-0.05, 0) is 39.0 Å². The highest BCUT2D eigenvalue weighted by atomic mass is 35.5. The number of aromatic nitrogens is 1. The van der Waals surface area contributed by atoms with Crippen molar-refractivity contribution in [1.82, 2.24) is 15.6 Å². The van der Waals surface area contributed by atoms with Gasteiger partial charge in [0, 0.05) is 43.6 Å². The van der Waals surface area contributed by atoms with E-state index in [1.807, 2.05) is 26.8 Å². The summed E-state index contributed by atoms with van der Waals surface area (Å²) in [5.74, 6) is 0.844. The third kappa shape index (κ3) is 6.84. The van der Waals surface area contributed by atoms with Gasteiger partial charge in [-0.15, -0.1) is 0 Å². The number of ether oxygens (including phenoxy) is 3. The van der Waals surface area contributed by atoms with Crippen LogP contribution < -0.4 is 25.4 Å². The maximum Gasteiger partial charge on any atom is 0.256 e. The van der Waals surface area contributed by atoms with Crippen LogP contribution in [0.4, 0.5) is 5.69 Å². The number of nitrogens with one attached hydrogen (secondary N) is 3. The summed E-state index contributed by atoms with van der Waals surface area (Å²) >= 11 is 11.9. The molecule has 0 bridgehead atoms. The van der Waals surface area contributed by atoms with Gasteiger partial charge in [-0.25, -0.2) is 0 Å². The zero-order chi connectivity index (χ0) is 25.6. The Labute approximate surface area is 216 Å². The SMILES string of the molecule is COc1c(Cl)cccc1NC(=S)C1=C(NCc2ccncc2OCC(C)(C)OC)CC(C)NC1=O. The highest BCUT2D eigenvalue weighted by Gasteiger charge is 2.28. The fraction of sp³-hybridized carbons (Fsp3) is 0.400. The number of rotatable bonds is 10. The van der Waals surface area contributed by atoms with E-state index in [0.717, 1.165) is 11.3 Å². The monoisotopic (exact) mass is 518 g/mol. The summed E-state index contributed by atoms with van der Waals surface area (Å²) in [5, 5.41) is 9.91. The first kappa shape index (κ1) is 26.7. The van der Waals surface area contributed by atoms with Gasteiger partial charge in [0.1, 0.15) is 17.3 Å². The van der Waals surface area contributed by atoms with Crippen molar-refractivity contribution in [2.45, 2.75) is 45.4 Å². The van der Waals surface area contributed by atoms with Crippen LogP contribution in [-0.2, 0) is 16.1 Å². The van der Waals surface area contributed by atoms with E-state index in [2.05, 4.69) is 20.9 Å². The average Bonchev–Trinajstić information content (AvgIpc) is 2.81. The molecule has 0 radical (unpaired) electrons. The molecule has 1 amide bonds. The summed E-state index contributed by atoms with van der Waals surface area (Å²) in [4.78, 5) is 17.4. The number of halogens is 1. The Kier molecular flexibility index (Phi) is 8.93. The van der Waals surface area contributed by atoms with Crippen LogP contribution in [0.2, 0.25) is 5.02 Å². The molecule has 0 aliphatic carbocycles. The molecule has 1 atom stereocenters. The molecule has 35 heavy (non-hydrogen) atoms. The number of carbonyl (C=O) groups is 1. The molecular weight excluding hydrogens is 488 g/mol. The lowest BCUT2D eigenvalue weighted by molar-refractivity contribution is -0.118. The van der Waals surface area contributed by atoms with E-state index in [-0.39, 0.29) is 16.9 Å². The lowest BCUT2D eigenvalue weighted by Gasteiger charge is -2.28. The van der Waals surface area contributed by atoms with Crippen molar-refractivity contribution in [3.8, 4) is 11.5 Å². The van der Waals surface area contributed by atoms with Crippen LogP contribution in [0.15, 0.2) is 47.9 Å². The van der Waals surface area contributed by atoms with Gasteiger partial charge in [0.15, 0.2) is 5.75 Å². The number of thiocarbonyl (C=S) groups is 1. The maximum absolute atomic E-state index is 12.9. The summed E-state index contributed by atoms with van der Waals surface area (Å²) in [6.45, 7) is 6.63. The molecule has 0 fully saturated rings. The number of amides is 1. The second-order valence-electron chi connectivity index (χ2n) is 8.80. The molecule has 1 aromatic heterocycles. The summed E-state index contributed by atoms with van der Waals surface area (Å²) < 4.78 is 16.8. The Bertz CT molecular complexity index is 1120. The minimum atomic E-state index is -0.438. The standard InChI is InChI=1S/C25H31ClN4O4S/c1-15-11-19(28-12-16-9-10-27-13-20(16)34-14-25(2,3)33-5)21(23(31)29-15)24(35)30-18-8-6-7-17(26)22(18)32-4/h6-10,13,15,28H,11-12,14H2,1-5H3,(H,29,31)(H,30,35). The van der Waals surface area contributed by atoms with E-state index in [1.165, 1.54) is 7.11 Å². The Morgan fingerprint density at radius 3 is 2.80 bits per heavy atom. The Morgan fingerprint density at radius 2 is 2.09 bits per heavy atom. The van der Waals surface area contributed by atoms with Gasteiger partial charge in [0.2, 0.25) is 0 Å². The van der Waals surface area contributed by atoms with Crippen molar-refractivity contribution in [3.63, 3.8) is 0 Å². The fourth-order valence-corrected chi connectivity index (χ4v) is 4.07. The molecule has 1 aliphatic rings. The predicted molar refractivity (Wildman–Crippen MR) is 141 cm³/mol. The van der Waals surface area contributed by atoms with Crippen molar-refractivity contribution in [2.75, 3.05) is 26.1 Å². The molecule has 3 rings (SSSR count). The lowest BCUT2D eigenvalue weighted by atomic mass is 10.0. The number of carbonyl (C=O) groups excluding carboxylic acids is 1. The van der Waals surface area contributed by atoms with E-state index in [0.29, 0.717) is 47.4 Å². The van der Waals surface area contributed by atoms with Crippen molar-refractivity contribution in [2.24, 2.45) is 0 Å². The second kappa shape index (κ2) is 11.7. The van der Waals surface area contributed by atoms with Gasteiger partial charge in [-0.2, -0.15) is 0 Å². The third-order valence-corrected chi connectivity index (χ3v) is 6.16. The van der Waals surface area contributed by atoms with E-state index in [4.69, 9.17) is 38.0 Å². The van der Waals surface area contributed by atoms with Crippen molar-refractivity contribution in [1.29, 1.82) is 0 Å². The molecule has 2 heterocycles. The van der Waals surface area contributed by atoms with Crippen LogP contribution in [0.1, 0.15) is 32.8 Å². The zero-order valence-corrected chi connectivity index (χ0v) is 22.1. The van der Waals surface area contributed by atoms with E-state index in [9.17, 15) is 4.79 Å². The van der Waals surface area contributed by atoms with Gasteiger partial charge in [0.05, 0.1) is 35.2 Å². The minimum Gasteiger partial charge on any atom is -0.493 e. The predicted octanol–water partition coefficient (Wildman–Crippen LogP) is 4.24. The minimum absolute atomic E-state index is 0.0482. The van der Waals surface area contributed by atoms with Crippen LogP contribution in [0.5, 0.6) is 11.5 Å². The van der Waals surface area contributed by atoms with Crippen LogP contribution in [0.25, 0.3) is 0 Å². The quantitative estimate of drug-likeness (QED) is 0.402. The van der Waals surface area contributed by atoms with Crippen LogP contribution in [0, 0.1) is 0 Å². The molecule has 1 aromatic carbocycles. The van der Waals surface area contributed by atoms with Crippen molar-refractivity contribution < 1.29 is 19.0 Å². The number of pyridine rings is 1. The average molecular weight is 519 g/mol. The van der Waals surface area contributed by atoms with E-state index in [1.54, 1.807) is 37.7 Å². The topological polar surface area (TPSA) is 93.7 Å². The molecule has 0 saturated heterocycles. The normalized spacial score (nSPS) is 15.9. The summed E-state index contributed by atoms with van der Waals surface area (Å²) in [5.41, 5.74) is 2.14. The summed E-state index contributed by atoms with van der Waals surface area (Å²) in [7, 11) is 3.17. The Balaban J connectivity index is 1.83. The third-order valence-electron chi connectivity index (χ3n) is 5.55. The molecular formula is C25H31ClN4O4S. The molecule has 3 N–H and O–H groups in total. The molecule has 1 unspecified atom stereocenters. The number of anilines is 1. The van der Waals surface area contributed by atoms with E-state index < -0.39 is 5.60 Å². The van der Waals surface area contributed by atoms with Gasteiger partial charge in [0.25, 0.3) is 5.91 Å². The molecule has 8 nitrogen and oxygen atoms in total. The molecule has 0 saturated carbocycles. The van der Waals surface area contributed by atoms with Crippen LogP contribution in [-0.4, -0.2) is 48.3 Å². The largest absolute Gasteiger partial charge is 0.493 e. The number of para-hydroxylation sites is 1. The summed E-state index contributed by atoms with van der Waals surface area (Å²) in [6.07, 6.45) is 3.97. The second-order valence-corrected chi connectivity index (χ2v) is 9.61. The zero-order valence-electron chi connectivity index (χ0n) is 20.5. The van der Waals surface area contributed by atoms with Gasteiger partial charge < -0.3 is 30.2 Å². The molecule has 0 spiro atoms. The van der Waals surface area contributed by atoms with Crippen molar-refractivity contribution in [3.05, 3.63) is 58.5 Å². The van der Waals surface area contributed by atoms with Gasteiger partial charge in [-0.3, -0.25) is 9.78 Å². The first-order valence-corrected chi connectivity index (χ1v) is 12.0.